The van der Waals surface area contributed by atoms with Gasteiger partial charge in [-0.05, 0) is 31.2 Å². The van der Waals surface area contributed by atoms with Gasteiger partial charge in [0.2, 0.25) is 5.91 Å². The van der Waals surface area contributed by atoms with Gasteiger partial charge >= 0.3 is 0 Å². The van der Waals surface area contributed by atoms with Gasteiger partial charge in [0.15, 0.2) is 0 Å². The Kier molecular flexibility index (Phi) is 6.84. The van der Waals surface area contributed by atoms with Crippen molar-refractivity contribution in [2.75, 3.05) is 19.6 Å². The molecule has 2 atom stereocenters. The molecule has 0 aromatic carbocycles. The number of nitrogens with zero attached hydrogens (tertiary/aromatic N) is 1. The zero-order chi connectivity index (χ0) is 14.4. The van der Waals surface area contributed by atoms with Gasteiger partial charge < -0.3 is 10.2 Å². The molecule has 112 valence electrons. The Hall–Kier alpha value is -0.570. The summed E-state index contributed by atoms with van der Waals surface area (Å²) in [4.78, 5) is 14.3. The molecule has 1 rings (SSSR count). The molecule has 1 amide bonds. The summed E-state index contributed by atoms with van der Waals surface area (Å²) in [7, 11) is 0. The minimum atomic E-state index is 0.118. The summed E-state index contributed by atoms with van der Waals surface area (Å²) in [6.45, 7) is 13.7. The molecule has 19 heavy (non-hydrogen) atoms. The number of piperidine rings is 1. The van der Waals surface area contributed by atoms with Crippen molar-refractivity contribution in [3.63, 3.8) is 0 Å². The molecular formula is C16H32N2O. The molecule has 0 saturated carbocycles. The Morgan fingerprint density at radius 3 is 2.47 bits per heavy atom. The standard InChI is InChI=1S/C16H32N2O/c1-6-14-9-15(17-8-7-12(2)3)11-18(10-14)16(19)13(4)5/h12-15,17H,6-11H2,1-5H3. The highest BCUT2D eigenvalue weighted by Gasteiger charge is 2.29. The normalized spacial score (nSPS) is 24.3. The number of nitrogens with one attached hydrogen (secondary N) is 1. The molecule has 1 fully saturated rings. The number of amides is 1. The van der Waals surface area contributed by atoms with Crippen LogP contribution in [-0.4, -0.2) is 36.5 Å². The molecule has 0 aromatic rings. The van der Waals surface area contributed by atoms with Crippen LogP contribution in [0.25, 0.3) is 0 Å². The molecule has 0 radical (unpaired) electrons. The molecule has 1 aliphatic heterocycles. The van der Waals surface area contributed by atoms with E-state index in [1.165, 1.54) is 19.3 Å². The summed E-state index contributed by atoms with van der Waals surface area (Å²) >= 11 is 0. The quantitative estimate of drug-likeness (QED) is 0.803. The van der Waals surface area contributed by atoms with E-state index in [9.17, 15) is 4.79 Å². The Morgan fingerprint density at radius 2 is 1.95 bits per heavy atom. The van der Waals surface area contributed by atoms with Crippen LogP contribution >= 0.6 is 0 Å². The van der Waals surface area contributed by atoms with E-state index in [2.05, 4.69) is 31.0 Å². The molecule has 1 heterocycles. The first-order chi connectivity index (χ1) is 8.93. The van der Waals surface area contributed by atoms with Crippen LogP contribution < -0.4 is 5.32 Å². The second-order valence-corrected chi connectivity index (χ2v) is 6.74. The van der Waals surface area contributed by atoms with E-state index in [4.69, 9.17) is 0 Å². The van der Waals surface area contributed by atoms with Crippen LogP contribution in [0.3, 0.4) is 0 Å². The molecule has 2 unspecified atom stereocenters. The summed E-state index contributed by atoms with van der Waals surface area (Å²) in [6.07, 6.45) is 3.60. The topological polar surface area (TPSA) is 32.3 Å². The highest BCUT2D eigenvalue weighted by atomic mass is 16.2. The van der Waals surface area contributed by atoms with Crippen LogP contribution in [0.2, 0.25) is 0 Å². The van der Waals surface area contributed by atoms with Crippen molar-refractivity contribution >= 4 is 5.91 Å². The SMILES string of the molecule is CCC1CC(NCCC(C)C)CN(C(=O)C(C)C)C1. The minimum absolute atomic E-state index is 0.118. The monoisotopic (exact) mass is 268 g/mol. The van der Waals surface area contributed by atoms with E-state index in [-0.39, 0.29) is 5.92 Å². The predicted molar refractivity (Wildman–Crippen MR) is 81.1 cm³/mol. The Morgan fingerprint density at radius 1 is 1.26 bits per heavy atom. The first-order valence-corrected chi connectivity index (χ1v) is 7.96. The van der Waals surface area contributed by atoms with Crippen molar-refractivity contribution in [3.05, 3.63) is 0 Å². The number of carbonyl (C=O) groups is 1. The van der Waals surface area contributed by atoms with Gasteiger partial charge in [-0.25, -0.2) is 0 Å². The average Bonchev–Trinajstić information content (AvgIpc) is 2.36. The maximum absolute atomic E-state index is 12.2. The summed E-state index contributed by atoms with van der Waals surface area (Å²) in [5.74, 6) is 1.83. The molecule has 0 spiro atoms. The predicted octanol–water partition coefficient (Wildman–Crippen LogP) is 2.91. The summed E-state index contributed by atoms with van der Waals surface area (Å²) in [6, 6.07) is 0.486. The number of carbonyl (C=O) groups excluding carboxylic acids is 1. The summed E-state index contributed by atoms with van der Waals surface area (Å²) in [5.41, 5.74) is 0. The van der Waals surface area contributed by atoms with Crippen LogP contribution in [0, 0.1) is 17.8 Å². The fourth-order valence-electron chi connectivity index (χ4n) is 2.77. The van der Waals surface area contributed by atoms with Gasteiger partial charge in [-0.1, -0.05) is 41.0 Å². The molecular weight excluding hydrogens is 236 g/mol. The average molecular weight is 268 g/mol. The van der Waals surface area contributed by atoms with Crippen molar-refractivity contribution in [1.29, 1.82) is 0 Å². The van der Waals surface area contributed by atoms with Crippen molar-refractivity contribution < 1.29 is 4.79 Å². The minimum Gasteiger partial charge on any atom is -0.341 e. The van der Waals surface area contributed by atoms with E-state index in [1.54, 1.807) is 0 Å². The lowest BCUT2D eigenvalue weighted by Gasteiger charge is -2.39. The first-order valence-electron chi connectivity index (χ1n) is 7.96. The largest absolute Gasteiger partial charge is 0.341 e. The molecule has 1 saturated heterocycles. The summed E-state index contributed by atoms with van der Waals surface area (Å²) < 4.78 is 0. The van der Waals surface area contributed by atoms with Crippen LogP contribution in [-0.2, 0) is 4.79 Å². The number of hydrogen-bond donors (Lipinski definition) is 1. The lowest BCUT2D eigenvalue weighted by Crippen LogP contribution is -2.52. The van der Waals surface area contributed by atoms with E-state index >= 15 is 0 Å². The third kappa shape index (κ3) is 5.52. The molecule has 3 heteroatoms. The maximum Gasteiger partial charge on any atom is 0.225 e. The van der Waals surface area contributed by atoms with E-state index in [0.717, 1.165) is 25.6 Å². The van der Waals surface area contributed by atoms with Gasteiger partial charge in [-0.3, -0.25) is 4.79 Å². The fourth-order valence-corrected chi connectivity index (χ4v) is 2.77. The molecule has 3 nitrogen and oxygen atoms in total. The highest BCUT2D eigenvalue weighted by Crippen LogP contribution is 2.21. The molecule has 1 N–H and O–H groups in total. The zero-order valence-electron chi connectivity index (χ0n) is 13.4. The fraction of sp³-hybridized carbons (Fsp3) is 0.938. The van der Waals surface area contributed by atoms with Crippen molar-refractivity contribution in [1.82, 2.24) is 10.2 Å². The van der Waals surface area contributed by atoms with Gasteiger partial charge in [0, 0.05) is 25.0 Å². The van der Waals surface area contributed by atoms with E-state index in [0.29, 0.717) is 17.9 Å². The van der Waals surface area contributed by atoms with Gasteiger partial charge in [0.05, 0.1) is 0 Å². The van der Waals surface area contributed by atoms with Gasteiger partial charge in [-0.15, -0.1) is 0 Å². The van der Waals surface area contributed by atoms with E-state index in [1.807, 2.05) is 13.8 Å². The van der Waals surface area contributed by atoms with Crippen molar-refractivity contribution in [3.8, 4) is 0 Å². The highest BCUT2D eigenvalue weighted by molar-refractivity contribution is 5.78. The number of hydrogen-bond acceptors (Lipinski definition) is 2. The van der Waals surface area contributed by atoms with Crippen molar-refractivity contribution in [2.45, 2.75) is 59.9 Å². The Balaban J connectivity index is 2.50. The zero-order valence-corrected chi connectivity index (χ0v) is 13.4. The molecule has 0 aliphatic carbocycles. The third-order valence-corrected chi connectivity index (χ3v) is 4.07. The van der Waals surface area contributed by atoms with Crippen LogP contribution in [0.1, 0.15) is 53.9 Å². The number of likely N-dealkylation sites (tertiary alicyclic amines) is 1. The van der Waals surface area contributed by atoms with E-state index < -0.39 is 0 Å². The van der Waals surface area contributed by atoms with Crippen molar-refractivity contribution in [2.24, 2.45) is 17.8 Å². The lowest BCUT2D eigenvalue weighted by atomic mass is 9.91. The maximum atomic E-state index is 12.2. The number of rotatable bonds is 6. The second-order valence-electron chi connectivity index (χ2n) is 6.74. The smallest absolute Gasteiger partial charge is 0.225 e. The molecule has 1 aliphatic rings. The van der Waals surface area contributed by atoms with Gasteiger partial charge in [0.25, 0.3) is 0 Å². The molecule has 0 aromatic heterocycles. The third-order valence-electron chi connectivity index (χ3n) is 4.07. The van der Waals surface area contributed by atoms with Crippen LogP contribution in [0.5, 0.6) is 0 Å². The molecule has 0 bridgehead atoms. The second kappa shape index (κ2) is 7.88. The van der Waals surface area contributed by atoms with Crippen LogP contribution in [0.4, 0.5) is 0 Å². The lowest BCUT2D eigenvalue weighted by molar-refractivity contribution is -0.136. The van der Waals surface area contributed by atoms with Crippen LogP contribution in [0.15, 0.2) is 0 Å². The van der Waals surface area contributed by atoms with Gasteiger partial charge in [0.1, 0.15) is 0 Å². The Bertz CT molecular complexity index is 276. The first kappa shape index (κ1) is 16.5. The Labute approximate surface area is 119 Å². The summed E-state index contributed by atoms with van der Waals surface area (Å²) in [5, 5.41) is 3.65. The van der Waals surface area contributed by atoms with Gasteiger partial charge in [-0.2, -0.15) is 0 Å².